The molecule has 124 valence electrons. The van der Waals surface area contributed by atoms with E-state index in [1.165, 1.54) is 6.92 Å². The van der Waals surface area contributed by atoms with Crippen molar-refractivity contribution in [3.63, 3.8) is 0 Å². The van der Waals surface area contributed by atoms with Gasteiger partial charge in [0.2, 0.25) is 0 Å². The van der Waals surface area contributed by atoms with Crippen molar-refractivity contribution in [1.29, 1.82) is 5.53 Å². The van der Waals surface area contributed by atoms with Crippen LogP contribution in [0.15, 0.2) is 5.11 Å². The van der Waals surface area contributed by atoms with Crippen LogP contribution in [0.1, 0.15) is 53.4 Å². The van der Waals surface area contributed by atoms with Crippen molar-refractivity contribution in [2.75, 3.05) is 19.8 Å². The predicted octanol–water partition coefficient (Wildman–Crippen LogP) is 4.12. The first-order valence-corrected chi connectivity index (χ1v) is 8.91. The fraction of sp³-hybridized carbons (Fsp3) is 0.923. The number of esters is 1. The van der Waals surface area contributed by atoms with Gasteiger partial charge in [0.05, 0.1) is 19.8 Å². The molecular weight excluding hydrogens is 295 g/mol. The molecule has 0 saturated heterocycles. The van der Waals surface area contributed by atoms with Crippen LogP contribution in [0.4, 0.5) is 0 Å². The second kappa shape index (κ2) is 10.0. The second-order valence-corrected chi connectivity index (χ2v) is 7.11. The van der Waals surface area contributed by atoms with Crippen LogP contribution in [0.3, 0.4) is 0 Å². The van der Waals surface area contributed by atoms with E-state index in [-0.39, 0.29) is 19.8 Å². The van der Waals surface area contributed by atoms with Gasteiger partial charge in [0, 0.05) is 0 Å². The van der Waals surface area contributed by atoms with Crippen LogP contribution in [-0.4, -0.2) is 31.1 Å². The summed E-state index contributed by atoms with van der Waals surface area (Å²) in [4.78, 5) is 12.0. The lowest BCUT2D eigenvalue weighted by molar-refractivity contribution is -0.146. The topological polar surface area (TPSA) is 98.0 Å². The van der Waals surface area contributed by atoms with E-state index in [4.69, 9.17) is 19.3 Å². The number of carbonyl (C=O) groups is 1. The summed E-state index contributed by atoms with van der Waals surface area (Å²) in [6, 6.07) is 0. The zero-order chi connectivity index (χ0) is 16.4. The number of hydrogen-bond donors (Lipinski definition) is 1. The first-order chi connectivity index (χ1) is 9.91. The summed E-state index contributed by atoms with van der Waals surface area (Å²) >= 11 is 0. The van der Waals surface area contributed by atoms with Gasteiger partial charge in [0.1, 0.15) is 0 Å². The molecule has 1 unspecified atom stereocenters. The van der Waals surface area contributed by atoms with Gasteiger partial charge in [-0.2, -0.15) is 5.11 Å². The average molecular weight is 322 g/mol. The highest BCUT2D eigenvalue weighted by Crippen LogP contribution is 2.61. The number of ether oxygens (including phenoxy) is 1. The molecule has 21 heavy (non-hydrogen) atoms. The summed E-state index contributed by atoms with van der Waals surface area (Å²) in [5, 5.41) is 1.28. The average Bonchev–Trinajstić information content (AvgIpc) is 2.47. The van der Waals surface area contributed by atoms with Gasteiger partial charge in [-0.1, -0.05) is 26.7 Å². The summed E-state index contributed by atoms with van der Waals surface area (Å²) in [6.07, 6.45) is 3.06. The number of nitrogens with zero attached hydrogens (tertiary/aromatic N) is 1. The monoisotopic (exact) mass is 322 g/mol. The molecule has 8 heteroatoms. The van der Waals surface area contributed by atoms with Crippen LogP contribution in [0.2, 0.25) is 0 Å². The van der Waals surface area contributed by atoms with Crippen molar-refractivity contribution in [2.45, 2.75) is 58.7 Å². The molecule has 0 aliphatic heterocycles. The van der Waals surface area contributed by atoms with Crippen LogP contribution in [0.25, 0.3) is 0 Å². The number of nitrogens with one attached hydrogen (secondary N) is 1. The normalized spacial score (nSPS) is 14.5. The van der Waals surface area contributed by atoms with Crippen LogP contribution in [0, 0.1) is 5.53 Å². The van der Waals surface area contributed by atoms with E-state index in [9.17, 15) is 9.36 Å². The Morgan fingerprint density at radius 1 is 1.14 bits per heavy atom. The van der Waals surface area contributed by atoms with E-state index in [0.717, 1.165) is 12.8 Å². The minimum Gasteiger partial charge on any atom is -0.464 e. The zero-order valence-electron chi connectivity index (χ0n) is 13.4. The number of hydrogen-bond acceptors (Lipinski definition) is 7. The van der Waals surface area contributed by atoms with Crippen molar-refractivity contribution in [2.24, 2.45) is 5.11 Å². The van der Waals surface area contributed by atoms with E-state index in [2.05, 4.69) is 5.11 Å². The summed E-state index contributed by atoms with van der Waals surface area (Å²) in [5.74, 6) is -0.865. The molecular formula is C13H27N2O5P. The Hall–Kier alpha value is -0.780. The zero-order valence-corrected chi connectivity index (χ0v) is 14.3. The van der Waals surface area contributed by atoms with Crippen LogP contribution < -0.4 is 0 Å². The Kier molecular flexibility index (Phi) is 9.66. The maximum absolute atomic E-state index is 13.0. The van der Waals surface area contributed by atoms with Gasteiger partial charge in [-0.3, -0.25) is 4.57 Å². The van der Waals surface area contributed by atoms with Gasteiger partial charge in [-0.15, -0.1) is 0 Å². The summed E-state index contributed by atoms with van der Waals surface area (Å²) < 4.78 is 28.6. The molecule has 0 aromatic rings. The molecule has 0 saturated carbocycles. The smallest absolute Gasteiger partial charge is 0.371 e. The standard InChI is InChI=1S/C13H27N2O5P/c1-5-8-10-19-21(17,20-11-9-6-2)13(4,15-14)12(16)18-7-3/h14H,5-11H2,1-4H3. The molecule has 0 amide bonds. The fourth-order valence-electron chi connectivity index (χ4n) is 1.43. The number of rotatable bonds is 12. The van der Waals surface area contributed by atoms with Crippen LogP contribution in [-0.2, 0) is 23.1 Å². The van der Waals surface area contributed by atoms with Gasteiger partial charge in [-0.25, -0.2) is 10.3 Å². The third-order valence-electron chi connectivity index (χ3n) is 2.93. The molecule has 0 aliphatic carbocycles. The number of carbonyl (C=O) groups excluding carboxylic acids is 1. The Balaban J connectivity index is 5.24. The molecule has 1 atom stereocenters. The van der Waals surface area contributed by atoms with E-state index < -0.39 is 18.8 Å². The van der Waals surface area contributed by atoms with Crippen molar-refractivity contribution in [3.05, 3.63) is 0 Å². The molecule has 0 aliphatic rings. The SMILES string of the molecule is CCCCOP(=O)(OCCCC)C(C)(N=N)C(=O)OCC. The highest BCUT2D eigenvalue weighted by atomic mass is 31.2. The quantitative estimate of drug-likeness (QED) is 0.252. The van der Waals surface area contributed by atoms with Crippen molar-refractivity contribution < 1.29 is 23.1 Å². The Labute approximate surface area is 126 Å². The van der Waals surface area contributed by atoms with Crippen molar-refractivity contribution >= 4 is 13.6 Å². The van der Waals surface area contributed by atoms with Crippen molar-refractivity contribution in [3.8, 4) is 0 Å². The lowest BCUT2D eigenvalue weighted by Crippen LogP contribution is -2.36. The molecule has 0 rings (SSSR count). The highest BCUT2D eigenvalue weighted by Gasteiger charge is 2.55. The highest BCUT2D eigenvalue weighted by molar-refractivity contribution is 7.56. The summed E-state index contributed by atoms with van der Waals surface area (Å²) in [5.41, 5.74) is 7.27. The van der Waals surface area contributed by atoms with E-state index in [1.54, 1.807) is 6.92 Å². The van der Waals surface area contributed by atoms with E-state index in [0.29, 0.717) is 12.8 Å². The second-order valence-electron chi connectivity index (χ2n) is 4.72. The van der Waals surface area contributed by atoms with Crippen molar-refractivity contribution in [1.82, 2.24) is 0 Å². The molecule has 0 radical (unpaired) electrons. The molecule has 7 nitrogen and oxygen atoms in total. The van der Waals surface area contributed by atoms with Gasteiger partial charge in [0.25, 0.3) is 5.28 Å². The van der Waals surface area contributed by atoms with Gasteiger partial charge in [0.15, 0.2) is 0 Å². The van der Waals surface area contributed by atoms with Gasteiger partial charge >= 0.3 is 13.6 Å². The maximum atomic E-state index is 13.0. The minimum absolute atomic E-state index is 0.105. The maximum Gasteiger partial charge on any atom is 0.371 e. The molecule has 0 heterocycles. The van der Waals surface area contributed by atoms with E-state index >= 15 is 0 Å². The first kappa shape index (κ1) is 20.2. The predicted molar refractivity (Wildman–Crippen MR) is 79.5 cm³/mol. The summed E-state index contributed by atoms with van der Waals surface area (Å²) in [6.45, 7) is 7.29. The number of unbranched alkanes of at least 4 members (excludes halogenated alkanes) is 2. The fourth-order valence-corrected chi connectivity index (χ4v) is 3.16. The largest absolute Gasteiger partial charge is 0.464 e. The molecule has 0 spiro atoms. The van der Waals surface area contributed by atoms with Crippen LogP contribution in [0.5, 0.6) is 0 Å². The Morgan fingerprint density at radius 2 is 1.62 bits per heavy atom. The Bertz CT molecular complexity index is 364. The molecule has 0 aromatic heterocycles. The lowest BCUT2D eigenvalue weighted by atomic mass is 10.3. The van der Waals surface area contributed by atoms with Gasteiger partial charge < -0.3 is 13.8 Å². The van der Waals surface area contributed by atoms with E-state index in [1.807, 2.05) is 13.8 Å². The van der Waals surface area contributed by atoms with Gasteiger partial charge in [-0.05, 0) is 26.7 Å². The molecule has 0 fully saturated rings. The first-order valence-electron chi connectivity index (χ1n) is 7.36. The third kappa shape index (κ3) is 5.49. The molecule has 0 aromatic carbocycles. The minimum atomic E-state index is -3.92. The third-order valence-corrected chi connectivity index (χ3v) is 5.33. The summed E-state index contributed by atoms with van der Waals surface area (Å²) in [7, 11) is -3.92. The molecule has 0 bridgehead atoms. The Morgan fingerprint density at radius 3 is 1.95 bits per heavy atom. The molecule has 1 N–H and O–H groups in total. The van der Waals surface area contributed by atoms with Crippen LogP contribution >= 0.6 is 7.60 Å². The lowest BCUT2D eigenvalue weighted by Gasteiger charge is -2.29.